The standard InChI is InChI=1S/C18H20N2O2/c1-13(19-11-15-7-3-5-9-17(15)21)14(2)20-12-16-8-4-6-10-18(16)22/h3-14,21-22H,1-2H3/b19-11+,20-12+/t13-,14-/m0/s1. The summed E-state index contributed by atoms with van der Waals surface area (Å²) in [7, 11) is 0. The summed E-state index contributed by atoms with van der Waals surface area (Å²) in [6.07, 6.45) is 3.32. The van der Waals surface area contributed by atoms with E-state index < -0.39 is 0 Å². The van der Waals surface area contributed by atoms with Gasteiger partial charge in [0.2, 0.25) is 0 Å². The molecular weight excluding hydrogens is 276 g/mol. The van der Waals surface area contributed by atoms with Gasteiger partial charge in [-0.1, -0.05) is 24.3 Å². The number of aromatic hydroxyl groups is 2. The van der Waals surface area contributed by atoms with Gasteiger partial charge < -0.3 is 10.2 Å². The summed E-state index contributed by atoms with van der Waals surface area (Å²) in [4.78, 5) is 8.86. The molecule has 0 amide bonds. The van der Waals surface area contributed by atoms with Crippen molar-refractivity contribution in [1.82, 2.24) is 0 Å². The molecule has 0 heterocycles. The van der Waals surface area contributed by atoms with E-state index in [0.29, 0.717) is 11.1 Å². The summed E-state index contributed by atoms with van der Waals surface area (Å²) in [5.74, 6) is 0.424. The van der Waals surface area contributed by atoms with E-state index in [2.05, 4.69) is 9.98 Å². The van der Waals surface area contributed by atoms with Crippen LogP contribution in [0.1, 0.15) is 25.0 Å². The molecule has 0 aromatic heterocycles. The molecule has 0 saturated heterocycles. The summed E-state index contributed by atoms with van der Waals surface area (Å²) in [6.45, 7) is 3.92. The van der Waals surface area contributed by atoms with Crippen molar-refractivity contribution in [2.45, 2.75) is 25.9 Å². The normalized spacial score (nSPS) is 14.5. The zero-order valence-corrected chi connectivity index (χ0v) is 12.7. The van der Waals surface area contributed by atoms with Crippen molar-refractivity contribution in [3.63, 3.8) is 0 Å². The second-order valence-corrected chi connectivity index (χ2v) is 5.16. The Kier molecular flexibility index (Phi) is 5.31. The van der Waals surface area contributed by atoms with Gasteiger partial charge in [-0.15, -0.1) is 0 Å². The van der Waals surface area contributed by atoms with Gasteiger partial charge in [-0.2, -0.15) is 0 Å². The van der Waals surface area contributed by atoms with Crippen molar-refractivity contribution in [3.8, 4) is 11.5 Å². The number of nitrogens with zero attached hydrogens (tertiary/aromatic N) is 2. The topological polar surface area (TPSA) is 65.2 Å². The molecule has 114 valence electrons. The predicted molar refractivity (Wildman–Crippen MR) is 90.3 cm³/mol. The molecule has 2 atom stereocenters. The van der Waals surface area contributed by atoms with Gasteiger partial charge in [0.1, 0.15) is 11.5 Å². The summed E-state index contributed by atoms with van der Waals surface area (Å²) in [5.41, 5.74) is 1.37. The maximum atomic E-state index is 9.70. The highest BCUT2D eigenvalue weighted by molar-refractivity contribution is 5.84. The average Bonchev–Trinajstić information content (AvgIpc) is 2.52. The van der Waals surface area contributed by atoms with Crippen LogP contribution in [0.3, 0.4) is 0 Å². The maximum absolute atomic E-state index is 9.70. The smallest absolute Gasteiger partial charge is 0.124 e. The van der Waals surface area contributed by atoms with Crippen LogP contribution in [0.5, 0.6) is 11.5 Å². The van der Waals surface area contributed by atoms with Crippen molar-refractivity contribution in [1.29, 1.82) is 0 Å². The second-order valence-electron chi connectivity index (χ2n) is 5.16. The molecule has 0 aliphatic rings. The first-order valence-electron chi connectivity index (χ1n) is 7.20. The lowest BCUT2D eigenvalue weighted by molar-refractivity contribution is 0.473. The fourth-order valence-corrected chi connectivity index (χ4v) is 1.84. The SMILES string of the molecule is C[C@H](/N=C/c1ccccc1O)[C@H](C)/N=C/c1ccccc1O. The molecule has 0 aliphatic carbocycles. The number of hydrogen-bond donors (Lipinski definition) is 2. The van der Waals surface area contributed by atoms with Gasteiger partial charge in [0.05, 0.1) is 12.1 Å². The van der Waals surface area contributed by atoms with Crippen LogP contribution in [-0.2, 0) is 0 Å². The average molecular weight is 296 g/mol. The number of phenols is 2. The van der Waals surface area contributed by atoms with E-state index in [9.17, 15) is 10.2 Å². The Labute approximate surface area is 130 Å². The lowest BCUT2D eigenvalue weighted by Crippen LogP contribution is -2.15. The molecule has 4 heteroatoms. The monoisotopic (exact) mass is 296 g/mol. The highest BCUT2D eigenvalue weighted by atomic mass is 16.3. The van der Waals surface area contributed by atoms with Crippen molar-refractivity contribution in [2.24, 2.45) is 9.98 Å². The fourth-order valence-electron chi connectivity index (χ4n) is 1.84. The fraction of sp³-hybridized carbons (Fsp3) is 0.222. The lowest BCUT2D eigenvalue weighted by Gasteiger charge is -2.11. The van der Waals surface area contributed by atoms with Crippen LogP contribution in [0.25, 0.3) is 0 Å². The van der Waals surface area contributed by atoms with E-state index in [-0.39, 0.29) is 23.6 Å². The third kappa shape index (κ3) is 4.19. The first-order chi connectivity index (χ1) is 10.6. The van der Waals surface area contributed by atoms with Crippen LogP contribution in [0, 0.1) is 0 Å². The van der Waals surface area contributed by atoms with E-state index >= 15 is 0 Å². The number of hydrogen-bond acceptors (Lipinski definition) is 4. The van der Waals surface area contributed by atoms with E-state index in [1.165, 1.54) is 0 Å². The van der Waals surface area contributed by atoms with Gasteiger partial charge in [-0.25, -0.2) is 0 Å². The van der Waals surface area contributed by atoms with Crippen LogP contribution in [0.4, 0.5) is 0 Å². The Balaban J connectivity index is 2.02. The van der Waals surface area contributed by atoms with Gasteiger partial charge in [-0.3, -0.25) is 9.98 Å². The lowest BCUT2D eigenvalue weighted by atomic mass is 10.1. The molecule has 22 heavy (non-hydrogen) atoms. The van der Waals surface area contributed by atoms with Crippen molar-refractivity contribution in [3.05, 3.63) is 59.7 Å². The number of rotatable bonds is 5. The van der Waals surface area contributed by atoms with Crippen LogP contribution >= 0.6 is 0 Å². The minimum Gasteiger partial charge on any atom is -0.507 e. The molecule has 0 unspecified atom stereocenters. The molecule has 0 bridgehead atoms. The molecule has 0 spiro atoms. The van der Waals surface area contributed by atoms with Crippen molar-refractivity contribution in [2.75, 3.05) is 0 Å². The summed E-state index contributed by atoms with van der Waals surface area (Å²) >= 11 is 0. The second kappa shape index (κ2) is 7.41. The third-order valence-corrected chi connectivity index (χ3v) is 3.47. The first kappa shape index (κ1) is 15.8. The van der Waals surface area contributed by atoms with E-state index in [1.807, 2.05) is 38.1 Å². The summed E-state index contributed by atoms with van der Waals surface area (Å²) in [5, 5.41) is 19.4. The van der Waals surface area contributed by atoms with Crippen LogP contribution in [0.15, 0.2) is 58.5 Å². The molecule has 2 N–H and O–H groups in total. The van der Waals surface area contributed by atoms with Gasteiger partial charge in [0.15, 0.2) is 0 Å². The van der Waals surface area contributed by atoms with Gasteiger partial charge in [0, 0.05) is 23.6 Å². The Morgan fingerprint density at radius 1 is 0.727 bits per heavy atom. The molecule has 0 aliphatic heterocycles. The number of phenolic OH excluding ortho intramolecular Hbond substituents is 2. The molecule has 2 aromatic rings. The Morgan fingerprint density at radius 3 is 1.45 bits per heavy atom. The predicted octanol–water partition coefficient (Wildman–Crippen LogP) is 3.41. The third-order valence-electron chi connectivity index (χ3n) is 3.47. The van der Waals surface area contributed by atoms with Gasteiger partial charge in [-0.05, 0) is 38.1 Å². The highest BCUT2D eigenvalue weighted by Gasteiger charge is 2.08. The molecule has 0 saturated carbocycles. The van der Waals surface area contributed by atoms with Crippen LogP contribution in [0.2, 0.25) is 0 Å². The van der Waals surface area contributed by atoms with E-state index in [0.717, 1.165) is 0 Å². The summed E-state index contributed by atoms with van der Waals surface area (Å²) in [6, 6.07) is 14.0. The zero-order valence-electron chi connectivity index (χ0n) is 12.7. The molecule has 2 aromatic carbocycles. The van der Waals surface area contributed by atoms with Crippen molar-refractivity contribution >= 4 is 12.4 Å². The number of benzene rings is 2. The zero-order chi connectivity index (χ0) is 15.9. The molecule has 2 rings (SSSR count). The maximum Gasteiger partial charge on any atom is 0.124 e. The molecule has 0 radical (unpaired) electrons. The number of para-hydroxylation sites is 2. The minimum atomic E-state index is -0.0401. The van der Waals surface area contributed by atoms with E-state index in [1.54, 1.807) is 36.7 Å². The van der Waals surface area contributed by atoms with Crippen LogP contribution < -0.4 is 0 Å². The van der Waals surface area contributed by atoms with Crippen LogP contribution in [-0.4, -0.2) is 34.7 Å². The molecule has 4 nitrogen and oxygen atoms in total. The van der Waals surface area contributed by atoms with E-state index in [4.69, 9.17) is 0 Å². The Bertz CT molecular complexity index is 621. The molecular formula is C18H20N2O2. The van der Waals surface area contributed by atoms with Crippen molar-refractivity contribution < 1.29 is 10.2 Å². The quantitative estimate of drug-likeness (QED) is 0.830. The Morgan fingerprint density at radius 2 is 1.09 bits per heavy atom. The minimum absolute atomic E-state index is 0.0401. The number of aliphatic imine (C=N–C) groups is 2. The first-order valence-corrected chi connectivity index (χ1v) is 7.20. The van der Waals surface area contributed by atoms with Gasteiger partial charge in [0.25, 0.3) is 0 Å². The highest BCUT2D eigenvalue weighted by Crippen LogP contribution is 2.15. The Hall–Kier alpha value is -2.62. The summed E-state index contributed by atoms with van der Waals surface area (Å²) < 4.78 is 0. The largest absolute Gasteiger partial charge is 0.507 e. The van der Waals surface area contributed by atoms with Gasteiger partial charge >= 0.3 is 0 Å². The molecule has 0 fully saturated rings.